The molecule has 1 aromatic carbocycles. The van der Waals surface area contributed by atoms with E-state index in [0.717, 1.165) is 0 Å². The van der Waals surface area contributed by atoms with Crippen LogP contribution in [0.4, 0.5) is 10.5 Å². The normalized spacial score (nSPS) is 11.1. The Morgan fingerprint density at radius 3 is 2.47 bits per heavy atom. The van der Waals surface area contributed by atoms with Gasteiger partial charge in [0.25, 0.3) is 0 Å². The molecule has 0 bridgehead atoms. The van der Waals surface area contributed by atoms with Gasteiger partial charge in [-0.15, -0.1) is 0 Å². The zero-order chi connectivity index (χ0) is 13.1. The molecular weight excluding hydrogens is 218 g/mol. The van der Waals surface area contributed by atoms with Crippen molar-refractivity contribution in [1.29, 1.82) is 0 Å². The number of rotatable bonds is 2. The van der Waals surface area contributed by atoms with Crippen molar-refractivity contribution in [3.8, 4) is 0 Å². The Bertz CT molecular complexity index is 396. The number of nitrogens with zero attached hydrogens (tertiary/aromatic N) is 1. The summed E-state index contributed by atoms with van der Waals surface area (Å²) in [5, 5.41) is 9.20. The SMILES string of the molecule is CN(C(=O)OC(C)(C)C)c1ccccc1CO. The van der Waals surface area contributed by atoms with Gasteiger partial charge in [0.05, 0.1) is 12.3 Å². The molecule has 0 radical (unpaired) electrons. The van der Waals surface area contributed by atoms with Gasteiger partial charge in [-0.2, -0.15) is 0 Å². The highest BCUT2D eigenvalue weighted by Crippen LogP contribution is 2.21. The molecule has 1 N–H and O–H groups in total. The van der Waals surface area contributed by atoms with Gasteiger partial charge >= 0.3 is 6.09 Å². The number of aliphatic hydroxyl groups excluding tert-OH is 1. The van der Waals surface area contributed by atoms with E-state index in [1.165, 1.54) is 4.90 Å². The van der Waals surface area contributed by atoms with E-state index < -0.39 is 11.7 Å². The van der Waals surface area contributed by atoms with Crippen molar-refractivity contribution in [2.24, 2.45) is 0 Å². The third-order valence-electron chi connectivity index (χ3n) is 2.19. The second-order valence-corrected chi connectivity index (χ2v) is 4.83. The average molecular weight is 237 g/mol. The van der Waals surface area contributed by atoms with Gasteiger partial charge in [0.15, 0.2) is 0 Å². The van der Waals surface area contributed by atoms with E-state index >= 15 is 0 Å². The number of ether oxygens (including phenoxy) is 1. The van der Waals surface area contributed by atoms with E-state index in [0.29, 0.717) is 11.3 Å². The summed E-state index contributed by atoms with van der Waals surface area (Å²) in [6.45, 7) is 5.34. The lowest BCUT2D eigenvalue weighted by Gasteiger charge is -2.25. The summed E-state index contributed by atoms with van der Waals surface area (Å²) < 4.78 is 5.26. The highest BCUT2D eigenvalue weighted by molar-refractivity contribution is 5.88. The van der Waals surface area contributed by atoms with Crippen LogP contribution in [0, 0.1) is 0 Å². The molecule has 0 saturated carbocycles. The van der Waals surface area contributed by atoms with Gasteiger partial charge in [-0.05, 0) is 26.8 Å². The molecule has 0 aromatic heterocycles. The van der Waals surface area contributed by atoms with Crippen molar-refractivity contribution < 1.29 is 14.6 Å². The third-order valence-corrected chi connectivity index (χ3v) is 2.19. The second kappa shape index (κ2) is 5.19. The molecule has 0 fully saturated rings. The smallest absolute Gasteiger partial charge is 0.414 e. The molecule has 0 atom stereocenters. The van der Waals surface area contributed by atoms with E-state index in [-0.39, 0.29) is 6.61 Å². The number of anilines is 1. The van der Waals surface area contributed by atoms with E-state index in [1.807, 2.05) is 32.9 Å². The largest absolute Gasteiger partial charge is 0.443 e. The first-order valence-electron chi connectivity index (χ1n) is 5.50. The van der Waals surface area contributed by atoms with Gasteiger partial charge in [-0.25, -0.2) is 4.79 Å². The molecular formula is C13H19NO3. The molecule has 0 aliphatic heterocycles. The van der Waals surface area contributed by atoms with Gasteiger partial charge in [-0.1, -0.05) is 18.2 Å². The van der Waals surface area contributed by atoms with E-state index in [1.54, 1.807) is 19.2 Å². The molecule has 4 heteroatoms. The van der Waals surface area contributed by atoms with Crippen LogP contribution in [-0.4, -0.2) is 23.8 Å². The summed E-state index contributed by atoms with van der Waals surface area (Å²) in [6, 6.07) is 7.18. The minimum Gasteiger partial charge on any atom is -0.443 e. The molecule has 94 valence electrons. The predicted molar refractivity (Wildman–Crippen MR) is 67.0 cm³/mol. The van der Waals surface area contributed by atoms with Crippen LogP contribution in [0.15, 0.2) is 24.3 Å². The second-order valence-electron chi connectivity index (χ2n) is 4.83. The lowest BCUT2D eigenvalue weighted by molar-refractivity contribution is 0.0589. The Morgan fingerprint density at radius 1 is 1.35 bits per heavy atom. The third kappa shape index (κ3) is 3.75. The molecule has 4 nitrogen and oxygen atoms in total. The fraction of sp³-hybridized carbons (Fsp3) is 0.462. The quantitative estimate of drug-likeness (QED) is 0.860. The Labute approximate surface area is 102 Å². The molecule has 0 aliphatic rings. The zero-order valence-electron chi connectivity index (χ0n) is 10.7. The first-order chi connectivity index (χ1) is 7.85. The standard InChI is InChI=1S/C13H19NO3/c1-13(2,3)17-12(16)14(4)11-8-6-5-7-10(11)9-15/h5-8,15H,9H2,1-4H3. The molecule has 0 heterocycles. The topological polar surface area (TPSA) is 49.8 Å². The summed E-state index contributed by atoms with van der Waals surface area (Å²) in [4.78, 5) is 13.2. The van der Waals surface area contributed by atoms with Crippen molar-refractivity contribution in [3.63, 3.8) is 0 Å². The highest BCUT2D eigenvalue weighted by atomic mass is 16.6. The summed E-state index contributed by atoms with van der Waals surface area (Å²) in [7, 11) is 1.63. The van der Waals surface area contributed by atoms with Crippen LogP contribution in [0.5, 0.6) is 0 Å². The van der Waals surface area contributed by atoms with Gasteiger partial charge < -0.3 is 9.84 Å². The van der Waals surface area contributed by atoms with Crippen LogP contribution in [0.2, 0.25) is 0 Å². The fourth-order valence-electron chi connectivity index (χ4n) is 1.40. The van der Waals surface area contributed by atoms with E-state index in [4.69, 9.17) is 4.74 Å². The summed E-state index contributed by atoms with van der Waals surface area (Å²) in [5.41, 5.74) is 0.824. The van der Waals surface area contributed by atoms with Crippen LogP contribution in [0.25, 0.3) is 0 Å². The van der Waals surface area contributed by atoms with Crippen molar-refractivity contribution in [1.82, 2.24) is 0 Å². The molecule has 0 aliphatic carbocycles. The number of hydrogen-bond acceptors (Lipinski definition) is 3. The van der Waals surface area contributed by atoms with Crippen molar-refractivity contribution in [3.05, 3.63) is 29.8 Å². The zero-order valence-corrected chi connectivity index (χ0v) is 10.7. The first-order valence-corrected chi connectivity index (χ1v) is 5.50. The molecule has 0 spiro atoms. The number of para-hydroxylation sites is 1. The number of amides is 1. The summed E-state index contributed by atoms with van der Waals surface area (Å²) in [6.07, 6.45) is -0.432. The maximum absolute atomic E-state index is 11.8. The maximum atomic E-state index is 11.8. The average Bonchev–Trinajstić information content (AvgIpc) is 2.25. The highest BCUT2D eigenvalue weighted by Gasteiger charge is 2.21. The summed E-state index contributed by atoms with van der Waals surface area (Å²) >= 11 is 0. The van der Waals surface area contributed by atoms with Gasteiger partial charge in [-0.3, -0.25) is 4.90 Å². The molecule has 1 aromatic rings. The van der Waals surface area contributed by atoms with Crippen LogP contribution < -0.4 is 4.90 Å². The molecule has 17 heavy (non-hydrogen) atoms. The van der Waals surface area contributed by atoms with Gasteiger partial charge in [0.2, 0.25) is 0 Å². The molecule has 1 amide bonds. The van der Waals surface area contributed by atoms with Crippen LogP contribution in [-0.2, 0) is 11.3 Å². The fourth-order valence-corrected chi connectivity index (χ4v) is 1.40. The molecule has 0 unspecified atom stereocenters. The lowest BCUT2D eigenvalue weighted by Crippen LogP contribution is -2.34. The molecule has 1 rings (SSSR count). The Balaban J connectivity index is 2.89. The summed E-state index contributed by atoms with van der Waals surface area (Å²) in [5.74, 6) is 0. The maximum Gasteiger partial charge on any atom is 0.414 e. The Kier molecular flexibility index (Phi) is 4.12. The Hall–Kier alpha value is -1.55. The number of carbonyl (C=O) groups is 1. The van der Waals surface area contributed by atoms with E-state index in [2.05, 4.69) is 0 Å². The van der Waals surface area contributed by atoms with Crippen LogP contribution in [0.1, 0.15) is 26.3 Å². The lowest BCUT2D eigenvalue weighted by atomic mass is 10.2. The number of benzene rings is 1. The number of aliphatic hydroxyl groups is 1. The van der Waals surface area contributed by atoms with Crippen molar-refractivity contribution in [2.45, 2.75) is 33.0 Å². The van der Waals surface area contributed by atoms with Crippen LogP contribution in [0.3, 0.4) is 0 Å². The number of hydrogen-bond donors (Lipinski definition) is 1. The minimum atomic E-state index is -0.528. The van der Waals surface area contributed by atoms with Crippen LogP contribution >= 0.6 is 0 Å². The minimum absolute atomic E-state index is 0.108. The van der Waals surface area contributed by atoms with Crippen molar-refractivity contribution in [2.75, 3.05) is 11.9 Å². The van der Waals surface area contributed by atoms with Crippen molar-refractivity contribution >= 4 is 11.8 Å². The monoisotopic (exact) mass is 237 g/mol. The predicted octanol–water partition coefficient (Wildman–Crippen LogP) is 2.55. The van der Waals surface area contributed by atoms with E-state index in [9.17, 15) is 9.90 Å². The first kappa shape index (κ1) is 13.5. The molecule has 0 saturated heterocycles. The van der Waals surface area contributed by atoms with Gasteiger partial charge in [0, 0.05) is 12.6 Å². The Morgan fingerprint density at radius 2 is 1.94 bits per heavy atom. The van der Waals surface area contributed by atoms with Gasteiger partial charge in [0.1, 0.15) is 5.60 Å². The number of carbonyl (C=O) groups excluding carboxylic acids is 1.